The van der Waals surface area contributed by atoms with Crippen LogP contribution in [-0.2, 0) is 12.8 Å². The fraction of sp³-hybridized carbons (Fsp3) is 0.409. The van der Waals surface area contributed by atoms with Crippen LogP contribution in [0.25, 0.3) is 11.0 Å². The highest BCUT2D eigenvalue weighted by atomic mass is 15.1. The molecule has 3 heterocycles. The summed E-state index contributed by atoms with van der Waals surface area (Å²) >= 11 is 0. The van der Waals surface area contributed by atoms with Crippen LogP contribution in [0.4, 0.5) is 5.69 Å². The van der Waals surface area contributed by atoms with E-state index in [4.69, 9.17) is 4.98 Å². The van der Waals surface area contributed by atoms with E-state index in [0.717, 1.165) is 25.9 Å². The van der Waals surface area contributed by atoms with Gasteiger partial charge in [0.2, 0.25) is 0 Å². The second kappa shape index (κ2) is 6.44. The normalized spacial score (nSPS) is 22.3. The third kappa shape index (κ3) is 2.69. The zero-order valence-corrected chi connectivity index (χ0v) is 15.3. The summed E-state index contributed by atoms with van der Waals surface area (Å²) in [5, 5.41) is 7.16. The average molecular weight is 346 g/mol. The lowest BCUT2D eigenvalue weighted by Gasteiger charge is -2.24. The molecule has 0 radical (unpaired) electrons. The second-order valence-corrected chi connectivity index (χ2v) is 7.75. The van der Waals surface area contributed by atoms with Crippen molar-refractivity contribution in [3.05, 3.63) is 59.4 Å². The monoisotopic (exact) mass is 346 g/mol. The fourth-order valence-corrected chi connectivity index (χ4v) is 4.52. The highest BCUT2D eigenvalue weighted by molar-refractivity contribution is 5.86. The molecule has 4 heteroatoms. The molecule has 1 saturated heterocycles. The molecule has 0 spiro atoms. The van der Waals surface area contributed by atoms with E-state index in [9.17, 15) is 0 Å². The zero-order chi connectivity index (χ0) is 17.5. The van der Waals surface area contributed by atoms with Gasteiger partial charge in [0, 0.05) is 36.3 Å². The second-order valence-electron chi connectivity index (χ2n) is 7.75. The first-order valence-corrected chi connectivity index (χ1v) is 9.83. The first-order chi connectivity index (χ1) is 12.8. The Labute approximate surface area is 154 Å². The maximum atomic E-state index is 5.19. The fourth-order valence-electron chi connectivity index (χ4n) is 4.52. The molecule has 0 aliphatic carbocycles. The lowest BCUT2D eigenvalue weighted by atomic mass is 9.97. The molecule has 0 saturated carbocycles. The highest BCUT2D eigenvalue weighted by Gasteiger charge is 2.25. The van der Waals surface area contributed by atoms with Crippen LogP contribution in [0.3, 0.4) is 0 Å². The van der Waals surface area contributed by atoms with Crippen molar-refractivity contribution in [3.8, 4) is 0 Å². The molecule has 2 atom stereocenters. The quantitative estimate of drug-likeness (QED) is 0.756. The number of nitrogens with zero attached hydrogens (tertiary/aromatic N) is 2. The number of nitrogens with one attached hydrogen (secondary N) is 2. The summed E-state index contributed by atoms with van der Waals surface area (Å²) in [5.41, 5.74) is 6.52. The van der Waals surface area contributed by atoms with E-state index in [0.29, 0.717) is 12.1 Å². The van der Waals surface area contributed by atoms with Crippen LogP contribution in [0.2, 0.25) is 0 Å². The molecular formula is C22H26N4. The molecule has 4 nitrogen and oxygen atoms in total. The minimum Gasteiger partial charge on any atom is -0.382 e. The Balaban J connectivity index is 1.66. The summed E-state index contributed by atoms with van der Waals surface area (Å²) < 4.78 is 2.51. The van der Waals surface area contributed by atoms with Crippen LogP contribution in [0.1, 0.15) is 42.8 Å². The molecule has 2 aliphatic heterocycles. The van der Waals surface area contributed by atoms with Crippen molar-refractivity contribution in [2.45, 2.75) is 44.7 Å². The molecule has 0 amide bonds. The van der Waals surface area contributed by atoms with Gasteiger partial charge in [0.15, 0.2) is 0 Å². The molecule has 134 valence electrons. The van der Waals surface area contributed by atoms with Crippen LogP contribution < -0.4 is 10.6 Å². The molecule has 0 unspecified atom stereocenters. The summed E-state index contributed by atoms with van der Waals surface area (Å²) in [6.07, 6.45) is 4.37. The van der Waals surface area contributed by atoms with E-state index in [-0.39, 0.29) is 0 Å². The van der Waals surface area contributed by atoms with Crippen LogP contribution in [0.15, 0.2) is 42.5 Å². The summed E-state index contributed by atoms with van der Waals surface area (Å²) in [5.74, 6) is 1.20. The van der Waals surface area contributed by atoms with Gasteiger partial charge in [0.25, 0.3) is 0 Å². The molecular weight excluding hydrogens is 320 g/mol. The van der Waals surface area contributed by atoms with Crippen LogP contribution in [0.5, 0.6) is 0 Å². The van der Waals surface area contributed by atoms with Crippen molar-refractivity contribution in [3.63, 3.8) is 0 Å². The standard InChI is InChI=1S/C22H26N4/c1-15-7-8-18-19(24-15)9-10-20-22(18)25-21(13-16-5-3-2-4-6-16)26(20)17-11-12-23-14-17/h2-6,9-10,15,17,23-24H,7-8,11-14H2,1H3/t15-,17-/m0/s1. The Morgan fingerprint density at radius 2 is 2.00 bits per heavy atom. The van der Waals surface area contributed by atoms with Gasteiger partial charge in [0.1, 0.15) is 5.82 Å². The number of aromatic nitrogens is 2. The molecule has 1 fully saturated rings. The number of benzene rings is 2. The summed E-state index contributed by atoms with van der Waals surface area (Å²) in [6, 6.07) is 16.3. The maximum Gasteiger partial charge on any atom is 0.114 e. The first kappa shape index (κ1) is 15.9. The topological polar surface area (TPSA) is 41.9 Å². The van der Waals surface area contributed by atoms with Gasteiger partial charge in [-0.1, -0.05) is 30.3 Å². The van der Waals surface area contributed by atoms with Gasteiger partial charge < -0.3 is 15.2 Å². The van der Waals surface area contributed by atoms with Crippen molar-refractivity contribution in [1.29, 1.82) is 0 Å². The first-order valence-electron chi connectivity index (χ1n) is 9.83. The van der Waals surface area contributed by atoms with Crippen LogP contribution in [0, 0.1) is 0 Å². The number of aryl methyl sites for hydroxylation is 1. The van der Waals surface area contributed by atoms with Crippen molar-refractivity contribution >= 4 is 16.7 Å². The van der Waals surface area contributed by atoms with E-state index < -0.39 is 0 Å². The summed E-state index contributed by atoms with van der Waals surface area (Å²) in [4.78, 5) is 5.19. The van der Waals surface area contributed by atoms with Gasteiger partial charge in [-0.3, -0.25) is 0 Å². The van der Waals surface area contributed by atoms with Gasteiger partial charge in [-0.25, -0.2) is 4.98 Å². The van der Waals surface area contributed by atoms with Crippen molar-refractivity contribution in [1.82, 2.24) is 14.9 Å². The minimum absolute atomic E-state index is 0.507. The number of hydrogen-bond acceptors (Lipinski definition) is 3. The number of hydrogen-bond donors (Lipinski definition) is 2. The van der Waals surface area contributed by atoms with Crippen LogP contribution >= 0.6 is 0 Å². The van der Waals surface area contributed by atoms with E-state index in [1.807, 2.05) is 0 Å². The molecule has 0 bridgehead atoms. The van der Waals surface area contributed by atoms with E-state index in [1.165, 1.54) is 46.5 Å². The lowest BCUT2D eigenvalue weighted by molar-refractivity contribution is 0.542. The van der Waals surface area contributed by atoms with Gasteiger partial charge in [-0.05, 0) is 50.4 Å². The zero-order valence-electron chi connectivity index (χ0n) is 15.3. The molecule has 2 aromatic carbocycles. The Hall–Kier alpha value is -2.33. The highest BCUT2D eigenvalue weighted by Crippen LogP contribution is 2.34. The van der Waals surface area contributed by atoms with Gasteiger partial charge in [-0.2, -0.15) is 0 Å². The Bertz CT molecular complexity index is 922. The van der Waals surface area contributed by atoms with Crippen molar-refractivity contribution in [2.24, 2.45) is 0 Å². The molecule has 3 aromatic rings. The van der Waals surface area contributed by atoms with Crippen molar-refractivity contribution < 1.29 is 0 Å². The SMILES string of the molecule is C[C@H]1CCc2c(ccc3c2nc(Cc2ccccc2)n3[C@H]2CCNC2)N1. The summed E-state index contributed by atoms with van der Waals surface area (Å²) in [6.45, 7) is 4.40. The van der Waals surface area contributed by atoms with Gasteiger partial charge in [-0.15, -0.1) is 0 Å². The molecule has 26 heavy (non-hydrogen) atoms. The number of fused-ring (bicyclic) bond motifs is 3. The third-order valence-electron chi connectivity index (χ3n) is 5.87. The van der Waals surface area contributed by atoms with Gasteiger partial charge in [0.05, 0.1) is 11.0 Å². The average Bonchev–Trinajstić information content (AvgIpc) is 3.29. The lowest BCUT2D eigenvalue weighted by Crippen LogP contribution is -2.22. The largest absolute Gasteiger partial charge is 0.382 e. The molecule has 1 aromatic heterocycles. The maximum absolute atomic E-state index is 5.19. The minimum atomic E-state index is 0.507. The number of anilines is 1. The van der Waals surface area contributed by atoms with Crippen LogP contribution in [-0.4, -0.2) is 28.7 Å². The third-order valence-corrected chi connectivity index (χ3v) is 5.87. The number of rotatable bonds is 3. The van der Waals surface area contributed by atoms with Crippen molar-refractivity contribution in [2.75, 3.05) is 18.4 Å². The predicted octanol–water partition coefficient (Wildman–Crippen LogP) is 3.91. The predicted molar refractivity (Wildman–Crippen MR) is 107 cm³/mol. The Morgan fingerprint density at radius 1 is 1.12 bits per heavy atom. The Morgan fingerprint density at radius 3 is 2.81 bits per heavy atom. The van der Waals surface area contributed by atoms with E-state index >= 15 is 0 Å². The van der Waals surface area contributed by atoms with E-state index in [1.54, 1.807) is 0 Å². The molecule has 2 aliphatic rings. The number of imidazole rings is 1. The molecule has 5 rings (SSSR count). The van der Waals surface area contributed by atoms with E-state index in [2.05, 4.69) is 64.6 Å². The molecule has 2 N–H and O–H groups in total. The summed E-state index contributed by atoms with van der Waals surface area (Å²) in [7, 11) is 0. The smallest absolute Gasteiger partial charge is 0.114 e. The van der Waals surface area contributed by atoms with Gasteiger partial charge >= 0.3 is 0 Å². The Kier molecular flexibility index (Phi) is 3.93.